The number of alkyl carbamates (subject to hydrolysis) is 1. The lowest BCUT2D eigenvalue weighted by atomic mass is 10.1. The summed E-state index contributed by atoms with van der Waals surface area (Å²) < 4.78 is 18.8. The predicted octanol–water partition coefficient (Wildman–Crippen LogP) is 4.92. The molecule has 0 bridgehead atoms. The number of aromatic nitrogens is 1. The molecule has 1 amide bonds. The van der Waals surface area contributed by atoms with E-state index >= 15 is 0 Å². The van der Waals surface area contributed by atoms with Gasteiger partial charge in [0.1, 0.15) is 16.6 Å². The van der Waals surface area contributed by atoms with Crippen LogP contribution in [0.4, 0.5) is 9.18 Å². The van der Waals surface area contributed by atoms with Crippen LogP contribution < -0.4 is 5.32 Å². The van der Waals surface area contributed by atoms with Gasteiger partial charge in [0.05, 0.1) is 11.6 Å². The molecule has 0 spiro atoms. The maximum Gasteiger partial charge on any atom is 0.408 e. The Hall–Kier alpha value is -1.88. The summed E-state index contributed by atoms with van der Waals surface area (Å²) in [5.74, 6) is -0.325. The molecule has 1 heterocycles. The summed E-state index contributed by atoms with van der Waals surface area (Å²) in [5.41, 5.74) is 1.03. The van der Waals surface area contributed by atoms with E-state index in [0.29, 0.717) is 16.6 Å². The lowest BCUT2D eigenvalue weighted by molar-refractivity contribution is 0.0508. The Morgan fingerprint density at radius 2 is 2.04 bits per heavy atom. The van der Waals surface area contributed by atoms with Crippen LogP contribution in [0, 0.1) is 12.7 Å². The number of halogens is 2. The maximum absolute atomic E-state index is 13.6. The summed E-state index contributed by atoms with van der Waals surface area (Å²) in [4.78, 5) is 16.1. The van der Waals surface area contributed by atoms with Crippen LogP contribution >= 0.6 is 11.6 Å². The van der Waals surface area contributed by atoms with Gasteiger partial charge in [-0.1, -0.05) is 11.6 Å². The van der Waals surface area contributed by atoms with Gasteiger partial charge < -0.3 is 10.1 Å². The van der Waals surface area contributed by atoms with Gasteiger partial charge in [0.2, 0.25) is 0 Å². The molecular weight excluding hydrogens is 319 g/mol. The van der Waals surface area contributed by atoms with Gasteiger partial charge in [-0.15, -0.1) is 0 Å². The molecule has 6 heteroatoms. The summed E-state index contributed by atoms with van der Waals surface area (Å²) >= 11 is 6.21. The number of benzene rings is 1. The first kappa shape index (κ1) is 17.5. The normalized spacial score (nSPS) is 13.0. The molecule has 1 aromatic heterocycles. The van der Waals surface area contributed by atoms with Crippen molar-refractivity contribution < 1.29 is 13.9 Å². The molecule has 4 nitrogen and oxygen atoms in total. The highest BCUT2D eigenvalue weighted by Crippen LogP contribution is 2.28. The number of amides is 1. The molecule has 1 atom stereocenters. The van der Waals surface area contributed by atoms with Gasteiger partial charge in [0, 0.05) is 16.5 Å². The molecule has 124 valence electrons. The average Bonchev–Trinajstić information content (AvgIpc) is 2.40. The molecule has 0 aliphatic rings. The highest BCUT2D eigenvalue weighted by molar-refractivity contribution is 6.30. The van der Waals surface area contributed by atoms with E-state index in [1.807, 2.05) is 0 Å². The molecule has 0 unspecified atom stereocenters. The molecule has 0 saturated carbocycles. The van der Waals surface area contributed by atoms with Gasteiger partial charge >= 0.3 is 6.09 Å². The van der Waals surface area contributed by atoms with Crippen molar-refractivity contribution in [2.75, 3.05) is 0 Å². The molecule has 2 rings (SSSR count). The SMILES string of the molecule is Cc1c(F)ccc2cc([C@H](C)NC(=O)OC(C)(C)C)c(Cl)nc12. The summed E-state index contributed by atoms with van der Waals surface area (Å²) in [7, 11) is 0. The molecule has 0 aliphatic carbocycles. The van der Waals surface area contributed by atoms with Crippen LogP contribution in [0.25, 0.3) is 10.9 Å². The van der Waals surface area contributed by atoms with Gasteiger partial charge in [-0.25, -0.2) is 14.2 Å². The molecule has 0 aliphatic heterocycles. The third-order valence-corrected chi connectivity index (χ3v) is 3.66. The van der Waals surface area contributed by atoms with E-state index < -0.39 is 11.7 Å². The molecule has 0 fully saturated rings. The highest BCUT2D eigenvalue weighted by atomic mass is 35.5. The Morgan fingerprint density at radius 1 is 1.39 bits per heavy atom. The number of carbonyl (C=O) groups is 1. The van der Waals surface area contributed by atoms with Crippen molar-refractivity contribution in [2.24, 2.45) is 0 Å². The number of hydrogen-bond acceptors (Lipinski definition) is 3. The minimum atomic E-state index is -0.579. The second-order valence-electron chi connectivity index (χ2n) is 6.48. The molecular formula is C17H20ClFN2O2. The van der Waals surface area contributed by atoms with Crippen LogP contribution in [-0.4, -0.2) is 16.7 Å². The van der Waals surface area contributed by atoms with E-state index in [9.17, 15) is 9.18 Å². The molecule has 2 aromatic rings. The Bertz CT molecular complexity index is 756. The molecule has 23 heavy (non-hydrogen) atoms. The van der Waals surface area contributed by atoms with Crippen LogP contribution in [0.1, 0.15) is 44.9 Å². The van der Waals surface area contributed by atoms with Crippen LogP contribution in [0.2, 0.25) is 5.15 Å². The van der Waals surface area contributed by atoms with Crippen molar-refractivity contribution in [1.29, 1.82) is 0 Å². The van der Waals surface area contributed by atoms with Crippen molar-refractivity contribution in [3.63, 3.8) is 0 Å². The van der Waals surface area contributed by atoms with Crippen LogP contribution in [0.3, 0.4) is 0 Å². The second-order valence-corrected chi connectivity index (χ2v) is 6.84. The van der Waals surface area contributed by atoms with Gasteiger partial charge in [-0.2, -0.15) is 0 Å². The smallest absolute Gasteiger partial charge is 0.408 e. The van der Waals surface area contributed by atoms with E-state index in [1.54, 1.807) is 46.8 Å². The Balaban J connectivity index is 2.31. The topological polar surface area (TPSA) is 51.2 Å². The largest absolute Gasteiger partial charge is 0.444 e. The standard InChI is InChI=1S/C17H20ClFN2O2/c1-9-13(19)7-6-11-8-12(15(18)21-14(9)11)10(2)20-16(22)23-17(3,4)5/h6-8,10H,1-5H3,(H,20,22)/t10-/m0/s1. The van der Waals surface area contributed by atoms with Crippen molar-refractivity contribution in [3.8, 4) is 0 Å². The number of nitrogens with zero attached hydrogens (tertiary/aromatic N) is 1. The zero-order valence-electron chi connectivity index (χ0n) is 13.8. The first-order valence-electron chi connectivity index (χ1n) is 7.33. The molecule has 0 radical (unpaired) electrons. The fraction of sp³-hybridized carbons (Fsp3) is 0.412. The van der Waals surface area contributed by atoms with Crippen LogP contribution in [0.5, 0.6) is 0 Å². The van der Waals surface area contributed by atoms with E-state index in [0.717, 1.165) is 5.39 Å². The first-order chi connectivity index (χ1) is 10.6. The minimum absolute atomic E-state index is 0.231. The van der Waals surface area contributed by atoms with Gasteiger partial charge in [0.25, 0.3) is 0 Å². The summed E-state index contributed by atoms with van der Waals surface area (Å²) in [5, 5.41) is 3.72. The molecule has 1 N–H and O–H groups in total. The number of ether oxygens (including phenoxy) is 1. The number of carbonyl (C=O) groups excluding carboxylic acids is 1. The van der Waals surface area contributed by atoms with Gasteiger partial charge in [0.15, 0.2) is 0 Å². The quantitative estimate of drug-likeness (QED) is 0.790. The number of hydrogen-bond donors (Lipinski definition) is 1. The second kappa shape index (κ2) is 6.32. The summed E-state index contributed by atoms with van der Waals surface area (Å²) in [6.07, 6.45) is -0.531. The van der Waals surface area contributed by atoms with Crippen molar-refractivity contribution in [1.82, 2.24) is 10.3 Å². The first-order valence-corrected chi connectivity index (χ1v) is 7.71. The third-order valence-electron chi connectivity index (χ3n) is 3.36. The zero-order chi connectivity index (χ0) is 17.4. The Morgan fingerprint density at radius 3 is 2.65 bits per heavy atom. The number of pyridine rings is 1. The lowest BCUT2D eigenvalue weighted by Crippen LogP contribution is -2.34. The number of nitrogens with one attached hydrogen (secondary N) is 1. The number of rotatable bonds is 2. The highest BCUT2D eigenvalue weighted by Gasteiger charge is 2.20. The number of aryl methyl sites for hydroxylation is 1. The van der Waals surface area contributed by atoms with Crippen molar-refractivity contribution in [3.05, 3.63) is 40.3 Å². The van der Waals surface area contributed by atoms with E-state index in [1.165, 1.54) is 6.07 Å². The molecule has 1 aromatic carbocycles. The monoisotopic (exact) mass is 338 g/mol. The fourth-order valence-electron chi connectivity index (χ4n) is 2.22. The zero-order valence-corrected chi connectivity index (χ0v) is 14.6. The minimum Gasteiger partial charge on any atom is -0.444 e. The Labute approximate surface area is 140 Å². The van der Waals surface area contributed by atoms with Gasteiger partial charge in [-0.05, 0) is 52.8 Å². The predicted molar refractivity (Wildman–Crippen MR) is 89.2 cm³/mol. The van der Waals surface area contributed by atoms with E-state index in [-0.39, 0.29) is 17.0 Å². The number of fused-ring (bicyclic) bond motifs is 1. The lowest BCUT2D eigenvalue weighted by Gasteiger charge is -2.22. The third kappa shape index (κ3) is 4.10. The van der Waals surface area contributed by atoms with Gasteiger partial charge in [-0.3, -0.25) is 0 Å². The fourth-order valence-corrected chi connectivity index (χ4v) is 2.52. The Kier molecular flexibility index (Phi) is 4.80. The maximum atomic E-state index is 13.6. The van der Waals surface area contributed by atoms with Crippen molar-refractivity contribution in [2.45, 2.75) is 46.3 Å². The van der Waals surface area contributed by atoms with Crippen LogP contribution in [-0.2, 0) is 4.74 Å². The summed E-state index contributed by atoms with van der Waals surface area (Å²) in [6, 6.07) is 4.45. The van der Waals surface area contributed by atoms with Crippen molar-refractivity contribution >= 4 is 28.6 Å². The molecule has 0 saturated heterocycles. The van der Waals surface area contributed by atoms with E-state index in [2.05, 4.69) is 10.3 Å². The summed E-state index contributed by atoms with van der Waals surface area (Å²) in [6.45, 7) is 8.81. The average molecular weight is 339 g/mol. The van der Waals surface area contributed by atoms with E-state index in [4.69, 9.17) is 16.3 Å². The van der Waals surface area contributed by atoms with Crippen LogP contribution in [0.15, 0.2) is 18.2 Å².